The highest BCUT2D eigenvalue weighted by Crippen LogP contribution is 2.48. The van der Waals surface area contributed by atoms with Gasteiger partial charge in [-0.1, -0.05) is 0 Å². The molecule has 0 fully saturated rings. The lowest BCUT2D eigenvalue weighted by Gasteiger charge is -2.08. The topological polar surface area (TPSA) is 52.6 Å². The van der Waals surface area contributed by atoms with Gasteiger partial charge in [-0.15, -0.1) is 0 Å². The number of fused-ring (bicyclic) bond motifs is 8. The zero-order chi connectivity index (χ0) is 13.1. The molecule has 20 heavy (non-hydrogen) atoms. The molecular formula is C16H8O4. The molecule has 1 aliphatic rings. The summed E-state index contributed by atoms with van der Waals surface area (Å²) in [6.07, 6.45) is 6.61. The van der Waals surface area contributed by atoms with Gasteiger partial charge in [0.2, 0.25) is 0 Å². The molecule has 0 saturated heterocycles. The molecular weight excluding hydrogens is 256 g/mol. The normalized spacial score (nSPS) is 12.0. The van der Waals surface area contributed by atoms with Crippen LogP contribution in [-0.4, -0.2) is 0 Å². The number of hydrogen-bond acceptors (Lipinski definition) is 4. The van der Waals surface area contributed by atoms with Crippen molar-refractivity contribution >= 4 is 0 Å². The second-order valence-electron chi connectivity index (χ2n) is 4.65. The molecule has 0 aromatic carbocycles. The van der Waals surface area contributed by atoms with Gasteiger partial charge in [0.15, 0.2) is 23.0 Å². The molecule has 4 aromatic rings. The van der Waals surface area contributed by atoms with Crippen molar-refractivity contribution in [3.63, 3.8) is 0 Å². The van der Waals surface area contributed by atoms with Crippen molar-refractivity contribution in [2.75, 3.05) is 0 Å². The van der Waals surface area contributed by atoms with Crippen LogP contribution in [0, 0.1) is 0 Å². The van der Waals surface area contributed by atoms with Gasteiger partial charge in [0.05, 0.1) is 25.1 Å². The molecule has 0 amide bonds. The van der Waals surface area contributed by atoms with Crippen LogP contribution < -0.4 is 0 Å². The maximum atomic E-state index is 5.63. The summed E-state index contributed by atoms with van der Waals surface area (Å²) >= 11 is 0. The van der Waals surface area contributed by atoms with E-state index in [0.717, 1.165) is 22.3 Å². The highest BCUT2D eigenvalue weighted by Gasteiger charge is 2.29. The molecule has 0 aliphatic heterocycles. The third kappa shape index (κ3) is 1.07. The third-order valence-corrected chi connectivity index (χ3v) is 3.65. The Labute approximate surface area is 113 Å². The Bertz CT molecular complexity index is 668. The van der Waals surface area contributed by atoms with Crippen LogP contribution in [0.3, 0.4) is 0 Å². The average molecular weight is 264 g/mol. The molecule has 0 radical (unpaired) electrons. The summed E-state index contributed by atoms with van der Waals surface area (Å²) in [5.74, 6) is 2.83. The Morgan fingerprint density at radius 3 is 0.900 bits per heavy atom. The molecule has 0 spiro atoms. The van der Waals surface area contributed by atoms with Crippen LogP contribution in [0.2, 0.25) is 0 Å². The fraction of sp³-hybridized carbons (Fsp3) is 0. The van der Waals surface area contributed by atoms with Gasteiger partial charge in [0.25, 0.3) is 0 Å². The van der Waals surface area contributed by atoms with Crippen LogP contribution in [0.15, 0.2) is 67.0 Å². The Balaban J connectivity index is 2.00. The van der Waals surface area contributed by atoms with E-state index in [1.54, 1.807) is 25.1 Å². The lowest BCUT2D eigenvalue weighted by Crippen LogP contribution is -1.87. The van der Waals surface area contributed by atoms with Gasteiger partial charge in [-0.05, 0) is 24.3 Å². The van der Waals surface area contributed by atoms with Crippen molar-refractivity contribution in [1.82, 2.24) is 0 Å². The molecule has 1 aliphatic carbocycles. The van der Waals surface area contributed by atoms with E-state index >= 15 is 0 Å². The van der Waals surface area contributed by atoms with Crippen LogP contribution in [0.25, 0.3) is 45.3 Å². The summed E-state index contributed by atoms with van der Waals surface area (Å²) in [6.45, 7) is 0. The summed E-state index contributed by atoms with van der Waals surface area (Å²) in [5, 5.41) is 0. The lowest BCUT2D eigenvalue weighted by molar-refractivity contribution is 0.521. The van der Waals surface area contributed by atoms with Crippen LogP contribution in [0.5, 0.6) is 0 Å². The van der Waals surface area contributed by atoms with Gasteiger partial charge >= 0.3 is 0 Å². The van der Waals surface area contributed by atoms with Crippen molar-refractivity contribution in [3.05, 3.63) is 49.3 Å². The van der Waals surface area contributed by atoms with E-state index in [0.29, 0.717) is 23.0 Å². The minimum atomic E-state index is 0.708. The quantitative estimate of drug-likeness (QED) is 0.393. The molecule has 4 aromatic heterocycles. The molecule has 0 N–H and O–H groups in total. The van der Waals surface area contributed by atoms with Gasteiger partial charge < -0.3 is 17.7 Å². The summed E-state index contributed by atoms with van der Waals surface area (Å²) in [5.41, 5.74) is 3.75. The molecule has 0 unspecified atom stereocenters. The van der Waals surface area contributed by atoms with Crippen LogP contribution in [-0.2, 0) is 0 Å². The SMILES string of the molecule is c1cc2c(o1)-c1occc1-c1ccoc1-c1occc1-2. The van der Waals surface area contributed by atoms with Crippen molar-refractivity contribution in [2.45, 2.75) is 0 Å². The van der Waals surface area contributed by atoms with Crippen LogP contribution in [0.4, 0.5) is 0 Å². The molecule has 0 bridgehead atoms. The first-order chi connectivity index (χ1) is 9.93. The first kappa shape index (κ1) is 9.97. The van der Waals surface area contributed by atoms with Gasteiger partial charge in [0.1, 0.15) is 0 Å². The number of furan rings is 4. The summed E-state index contributed by atoms with van der Waals surface area (Å²) in [4.78, 5) is 0. The second-order valence-corrected chi connectivity index (χ2v) is 4.65. The van der Waals surface area contributed by atoms with Crippen molar-refractivity contribution in [3.8, 4) is 45.3 Å². The Kier molecular flexibility index (Phi) is 1.68. The smallest absolute Gasteiger partial charge is 0.177 e. The largest absolute Gasteiger partial charge is 0.460 e. The van der Waals surface area contributed by atoms with E-state index in [2.05, 4.69) is 0 Å². The van der Waals surface area contributed by atoms with E-state index < -0.39 is 0 Å². The zero-order valence-electron chi connectivity index (χ0n) is 10.3. The van der Waals surface area contributed by atoms with E-state index in [4.69, 9.17) is 17.7 Å². The lowest BCUT2D eigenvalue weighted by atomic mass is 9.95. The monoisotopic (exact) mass is 264 g/mol. The zero-order valence-corrected chi connectivity index (χ0v) is 10.3. The fourth-order valence-electron chi connectivity index (χ4n) is 2.79. The van der Waals surface area contributed by atoms with Crippen molar-refractivity contribution < 1.29 is 17.7 Å². The number of rotatable bonds is 0. The first-order valence-corrected chi connectivity index (χ1v) is 6.25. The average Bonchev–Trinajstić information content (AvgIpc) is 3.21. The molecule has 96 valence electrons. The van der Waals surface area contributed by atoms with Crippen molar-refractivity contribution in [1.29, 1.82) is 0 Å². The fourth-order valence-corrected chi connectivity index (χ4v) is 2.79. The molecule has 4 nitrogen and oxygen atoms in total. The van der Waals surface area contributed by atoms with Gasteiger partial charge in [-0.25, -0.2) is 0 Å². The van der Waals surface area contributed by atoms with Gasteiger partial charge in [-0.3, -0.25) is 0 Å². The van der Waals surface area contributed by atoms with E-state index in [1.165, 1.54) is 0 Å². The molecule has 0 saturated carbocycles. The Morgan fingerprint density at radius 2 is 0.650 bits per heavy atom. The maximum absolute atomic E-state index is 5.63. The summed E-state index contributed by atoms with van der Waals surface area (Å²) in [7, 11) is 0. The van der Waals surface area contributed by atoms with Crippen LogP contribution >= 0.6 is 0 Å². The Hall–Kier alpha value is -2.88. The van der Waals surface area contributed by atoms with E-state index in [-0.39, 0.29) is 0 Å². The van der Waals surface area contributed by atoms with Gasteiger partial charge in [-0.2, -0.15) is 0 Å². The first-order valence-electron chi connectivity index (χ1n) is 6.25. The van der Waals surface area contributed by atoms with E-state index in [1.807, 2.05) is 24.3 Å². The highest BCUT2D eigenvalue weighted by molar-refractivity contribution is 5.96. The molecule has 4 heterocycles. The minimum absolute atomic E-state index is 0.708. The van der Waals surface area contributed by atoms with Crippen LogP contribution in [0.1, 0.15) is 0 Å². The molecule has 4 heteroatoms. The summed E-state index contributed by atoms with van der Waals surface area (Å²) in [6, 6.07) is 7.63. The minimum Gasteiger partial charge on any atom is -0.460 e. The predicted octanol–water partition coefficient (Wildman–Crippen LogP) is 5.04. The molecule has 5 rings (SSSR count). The standard InChI is InChI=1S/C16H8O4/c1-5-17-13-9(1)10-2-6-18-14(10)16-12(4-8-20-16)11-3-7-19-15(11)13/h1-8H. The summed E-state index contributed by atoms with van der Waals surface area (Å²) < 4.78 is 22.5. The Morgan fingerprint density at radius 1 is 0.400 bits per heavy atom. The van der Waals surface area contributed by atoms with Crippen molar-refractivity contribution in [2.24, 2.45) is 0 Å². The second kappa shape index (κ2) is 3.36. The van der Waals surface area contributed by atoms with E-state index in [9.17, 15) is 0 Å². The predicted molar refractivity (Wildman–Crippen MR) is 70.8 cm³/mol. The molecule has 0 atom stereocenters. The third-order valence-electron chi connectivity index (χ3n) is 3.65. The highest BCUT2D eigenvalue weighted by atomic mass is 16.4. The number of hydrogen-bond donors (Lipinski definition) is 0. The maximum Gasteiger partial charge on any atom is 0.177 e. The van der Waals surface area contributed by atoms with Gasteiger partial charge in [0, 0.05) is 22.3 Å².